The Bertz CT molecular complexity index is 232. The van der Waals surface area contributed by atoms with E-state index >= 15 is 0 Å². The zero-order valence-corrected chi connectivity index (χ0v) is 8.00. The van der Waals surface area contributed by atoms with Crippen LogP contribution in [-0.2, 0) is 6.42 Å². The highest BCUT2D eigenvalue weighted by Gasteiger charge is 2.00. The van der Waals surface area contributed by atoms with Gasteiger partial charge in [-0.3, -0.25) is 0 Å². The first-order valence-corrected chi connectivity index (χ1v) is 4.32. The summed E-state index contributed by atoms with van der Waals surface area (Å²) in [5, 5.41) is 0. The Morgan fingerprint density at radius 1 is 1.58 bits per heavy atom. The van der Waals surface area contributed by atoms with Gasteiger partial charge in [-0.2, -0.15) is 0 Å². The van der Waals surface area contributed by atoms with Gasteiger partial charge in [0.05, 0.1) is 6.20 Å². The second-order valence-electron chi connectivity index (χ2n) is 2.99. The molecule has 68 valence electrons. The van der Waals surface area contributed by atoms with Gasteiger partial charge in [0, 0.05) is 19.9 Å². The van der Waals surface area contributed by atoms with Crippen LogP contribution in [0.4, 0.5) is 0 Å². The molecule has 1 aromatic heterocycles. The molecule has 0 aromatic carbocycles. The van der Waals surface area contributed by atoms with E-state index in [9.17, 15) is 0 Å². The average Bonchev–Trinajstić information content (AvgIpc) is 2.47. The van der Waals surface area contributed by atoms with Crippen molar-refractivity contribution < 1.29 is 4.42 Å². The molecule has 0 radical (unpaired) electrons. The lowest BCUT2D eigenvalue weighted by molar-refractivity contribution is 0.341. The van der Waals surface area contributed by atoms with E-state index in [1.807, 2.05) is 6.92 Å². The minimum atomic E-state index is 0.754. The zero-order valence-electron chi connectivity index (χ0n) is 8.00. The Kier molecular flexibility index (Phi) is 3.29. The maximum atomic E-state index is 5.34. The molecular weight excluding hydrogens is 152 g/mol. The molecule has 0 N–H and O–H groups in total. The highest BCUT2D eigenvalue weighted by atomic mass is 16.3. The molecule has 0 amide bonds. The molecule has 1 heterocycles. The summed E-state index contributed by atoms with van der Waals surface area (Å²) in [7, 11) is 2.10. The van der Waals surface area contributed by atoms with Crippen LogP contribution in [-0.4, -0.2) is 30.0 Å². The smallest absolute Gasteiger partial charge is 0.191 e. The van der Waals surface area contributed by atoms with Gasteiger partial charge in [0.1, 0.15) is 5.76 Å². The highest BCUT2D eigenvalue weighted by Crippen LogP contribution is 2.03. The third-order valence-corrected chi connectivity index (χ3v) is 1.95. The van der Waals surface area contributed by atoms with Crippen LogP contribution in [0.2, 0.25) is 0 Å². The number of rotatable bonds is 4. The van der Waals surface area contributed by atoms with Crippen molar-refractivity contribution in [3.63, 3.8) is 0 Å². The van der Waals surface area contributed by atoms with Gasteiger partial charge in [0.2, 0.25) is 0 Å². The molecule has 12 heavy (non-hydrogen) atoms. The fourth-order valence-electron chi connectivity index (χ4n) is 0.980. The topological polar surface area (TPSA) is 29.3 Å². The molecule has 0 saturated heterocycles. The molecule has 1 aromatic rings. The largest absolute Gasteiger partial charge is 0.446 e. The molecule has 3 nitrogen and oxygen atoms in total. The summed E-state index contributed by atoms with van der Waals surface area (Å²) in [5.74, 6) is 1.73. The number of hydrogen-bond donors (Lipinski definition) is 0. The van der Waals surface area contributed by atoms with E-state index in [1.165, 1.54) is 0 Å². The number of oxazole rings is 1. The van der Waals surface area contributed by atoms with Crippen molar-refractivity contribution in [1.29, 1.82) is 0 Å². The van der Waals surface area contributed by atoms with Crippen LogP contribution >= 0.6 is 0 Å². The Morgan fingerprint density at radius 3 is 2.83 bits per heavy atom. The first-order chi connectivity index (χ1) is 5.72. The van der Waals surface area contributed by atoms with Crippen LogP contribution in [0, 0.1) is 6.92 Å². The number of nitrogens with zero attached hydrogens (tertiary/aromatic N) is 2. The van der Waals surface area contributed by atoms with Crippen molar-refractivity contribution in [2.45, 2.75) is 20.3 Å². The molecule has 0 unspecified atom stereocenters. The van der Waals surface area contributed by atoms with E-state index in [0.717, 1.165) is 31.2 Å². The Labute approximate surface area is 73.4 Å². The molecule has 0 atom stereocenters. The van der Waals surface area contributed by atoms with E-state index in [2.05, 4.69) is 23.9 Å². The predicted molar refractivity (Wildman–Crippen MR) is 48.1 cm³/mol. The molecule has 0 aliphatic rings. The standard InChI is InChI=1S/C9H16N2O/c1-4-11(3)6-5-9-7-10-8(2)12-9/h7H,4-6H2,1-3H3. The zero-order chi connectivity index (χ0) is 8.97. The fraction of sp³-hybridized carbons (Fsp3) is 0.667. The van der Waals surface area contributed by atoms with Gasteiger partial charge in [-0.15, -0.1) is 0 Å². The first-order valence-electron chi connectivity index (χ1n) is 4.32. The van der Waals surface area contributed by atoms with E-state index in [1.54, 1.807) is 6.20 Å². The lowest BCUT2D eigenvalue weighted by Crippen LogP contribution is -2.20. The summed E-state index contributed by atoms with van der Waals surface area (Å²) in [6.45, 7) is 6.12. The third-order valence-electron chi connectivity index (χ3n) is 1.95. The lowest BCUT2D eigenvalue weighted by atomic mass is 10.3. The van der Waals surface area contributed by atoms with Crippen molar-refractivity contribution in [3.8, 4) is 0 Å². The maximum absolute atomic E-state index is 5.34. The molecule has 0 aliphatic heterocycles. The highest BCUT2D eigenvalue weighted by molar-refractivity contribution is 4.93. The van der Waals surface area contributed by atoms with Crippen LogP contribution in [0.15, 0.2) is 10.6 Å². The van der Waals surface area contributed by atoms with Crippen LogP contribution in [0.1, 0.15) is 18.6 Å². The van der Waals surface area contributed by atoms with Crippen molar-refractivity contribution in [3.05, 3.63) is 17.8 Å². The van der Waals surface area contributed by atoms with E-state index in [-0.39, 0.29) is 0 Å². The third kappa shape index (κ3) is 2.66. The summed E-state index contributed by atoms with van der Waals surface area (Å²) in [5.41, 5.74) is 0. The van der Waals surface area contributed by atoms with Gasteiger partial charge in [-0.05, 0) is 13.6 Å². The van der Waals surface area contributed by atoms with E-state index < -0.39 is 0 Å². The van der Waals surface area contributed by atoms with Crippen molar-refractivity contribution in [2.75, 3.05) is 20.1 Å². The van der Waals surface area contributed by atoms with Crippen LogP contribution in [0.25, 0.3) is 0 Å². The van der Waals surface area contributed by atoms with Gasteiger partial charge in [-0.1, -0.05) is 6.92 Å². The monoisotopic (exact) mass is 168 g/mol. The molecule has 1 rings (SSSR count). The molecule has 0 fully saturated rings. The normalized spacial score (nSPS) is 11.0. The Hall–Kier alpha value is -0.830. The number of aryl methyl sites for hydroxylation is 1. The fourth-order valence-corrected chi connectivity index (χ4v) is 0.980. The van der Waals surface area contributed by atoms with Crippen molar-refractivity contribution in [2.24, 2.45) is 0 Å². The van der Waals surface area contributed by atoms with Gasteiger partial charge in [0.25, 0.3) is 0 Å². The quantitative estimate of drug-likeness (QED) is 0.682. The molecular formula is C9H16N2O. The van der Waals surface area contributed by atoms with Crippen molar-refractivity contribution in [1.82, 2.24) is 9.88 Å². The van der Waals surface area contributed by atoms with Crippen molar-refractivity contribution >= 4 is 0 Å². The van der Waals surface area contributed by atoms with Crippen LogP contribution in [0.5, 0.6) is 0 Å². The number of likely N-dealkylation sites (N-methyl/N-ethyl adjacent to an activating group) is 1. The van der Waals surface area contributed by atoms with E-state index in [0.29, 0.717) is 0 Å². The Morgan fingerprint density at radius 2 is 2.33 bits per heavy atom. The summed E-state index contributed by atoms with van der Waals surface area (Å²) in [6, 6.07) is 0. The minimum Gasteiger partial charge on any atom is -0.446 e. The van der Waals surface area contributed by atoms with Gasteiger partial charge >= 0.3 is 0 Å². The van der Waals surface area contributed by atoms with Gasteiger partial charge in [0.15, 0.2) is 5.89 Å². The Balaban J connectivity index is 2.33. The molecule has 0 saturated carbocycles. The average molecular weight is 168 g/mol. The minimum absolute atomic E-state index is 0.754. The van der Waals surface area contributed by atoms with Crippen LogP contribution < -0.4 is 0 Å². The maximum Gasteiger partial charge on any atom is 0.191 e. The van der Waals surface area contributed by atoms with Gasteiger partial charge in [-0.25, -0.2) is 4.98 Å². The molecule has 0 bridgehead atoms. The number of hydrogen-bond acceptors (Lipinski definition) is 3. The first kappa shape index (κ1) is 9.26. The van der Waals surface area contributed by atoms with Gasteiger partial charge < -0.3 is 9.32 Å². The molecule has 0 spiro atoms. The number of aromatic nitrogens is 1. The van der Waals surface area contributed by atoms with Crippen LogP contribution in [0.3, 0.4) is 0 Å². The lowest BCUT2D eigenvalue weighted by Gasteiger charge is -2.11. The summed E-state index contributed by atoms with van der Waals surface area (Å²) < 4.78 is 5.34. The summed E-state index contributed by atoms with van der Waals surface area (Å²) in [6.07, 6.45) is 2.75. The SMILES string of the molecule is CCN(C)CCc1cnc(C)o1. The predicted octanol–water partition coefficient (Wildman–Crippen LogP) is 1.48. The summed E-state index contributed by atoms with van der Waals surface area (Å²) >= 11 is 0. The molecule has 0 aliphatic carbocycles. The second kappa shape index (κ2) is 4.26. The van der Waals surface area contributed by atoms with E-state index in [4.69, 9.17) is 4.42 Å². The molecule has 3 heteroatoms. The summed E-state index contributed by atoms with van der Waals surface area (Å²) in [4.78, 5) is 6.28. The second-order valence-corrected chi connectivity index (χ2v) is 2.99.